The topological polar surface area (TPSA) is 52.0 Å². The Kier molecular flexibility index (Phi) is 16.7. The van der Waals surface area contributed by atoms with Crippen LogP contribution in [-0.4, -0.2) is 11.1 Å². The van der Waals surface area contributed by atoms with E-state index in [0.717, 1.165) is 0 Å². The fourth-order valence-corrected chi connectivity index (χ4v) is 0. The van der Waals surface area contributed by atoms with Crippen molar-refractivity contribution in [3.63, 3.8) is 0 Å². The monoisotopic (exact) mass is 595 g/mol. The van der Waals surface area contributed by atoms with Gasteiger partial charge in [0.15, 0.2) is 0 Å². The molecule has 0 aromatic heterocycles. The zero-order valence-electron chi connectivity index (χ0n) is 9.23. The number of hydrogen-bond acceptors (Lipinski definition) is 2. The molecule has 0 fully saturated rings. The van der Waals surface area contributed by atoms with Gasteiger partial charge in [0.1, 0.15) is 0 Å². The van der Waals surface area contributed by atoms with Gasteiger partial charge in [-0.3, -0.25) is 0 Å². The molecular formula is C8H22I2N2Pt. The first kappa shape index (κ1) is 20.5. The van der Waals surface area contributed by atoms with E-state index in [1.54, 1.807) is 0 Å². The molecule has 0 aromatic rings. The molecule has 0 heterocycles. The van der Waals surface area contributed by atoms with Crippen LogP contribution in [0.1, 0.15) is 41.5 Å². The summed E-state index contributed by atoms with van der Waals surface area (Å²) in [5.74, 6) is 0. The van der Waals surface area contributed by atoms with Crippen LogP contribution in [0.4, 0.5) is 0 Å². The van der Waals surface area contributed by atoms with E-state index >= 15 is 0 Å². The van der Waals surface area contributed by atoms with Crippen molar-refractivity contribution in [2.45, 2.75) is 52.6 Å². The van der Waals surface area contributed by atoms with Gasteiger partial charge in [0, 0.05) is 11.1 Å². The van der Waals surface area contributed by atoms with Crippen LogP contribution in [0.5, 0.6) is 0 Å². The molecule has 0 rings (SSSR count). The van der Waals surface area contributed by atoms with E-state index in [0.29, 0.717) is 11.2 Å². The summed E-state index contributed by atoms with van der Waals surface area (Å²) in [5.41, 5.74) is 10.7. The van der Waals surface area contributed by atoms with Gasteiger partial charge in [-0.05, 0) is 41.5 Å². The Bertz CT molecular complexity index is 73.3. The summed E-state index contributed by atoms with van der Waals surface area (Å²) in [7, 11) is 0. The molecule has 0 amide bonds. The van der Waals surface area contributed by atoms with Gasteiger partial charge >= 0.3 is 49.9 Å². The quantitative estimate of drug-likeness (QED) is 0.423. The molecule has 0 radical (unpaired) electrons. The minimum atomic E-state index is 0. The van der Waals surface area contributed by atoms with Crippen molar-refractivity contribution in [3.05, 3.63) is 0 Å². The fourth-order valence-electron chi connectivity index (χ4n) is 0. The van der Waals surface area contributed by atoms with Gasteiger partial charge in [0.2, 0.25) is 0 Å². The zero-order chi connectivity index (χ0) is 11.7. The summed E-state index contributed by atoms with van der Waals surface area (Å²) < 4.78 is 0. The third kappa shape index (κ3) is 479. The predicted octanol–water partition coefficient (Wildman–Crippen LogP) is 3.26. The number of halogens is 2. The van der Waals surface area contributed by atoms with Crippen LogP contribution in [0.15, 0.2) is 0 Å². The maximum absolute atomic E-state index is 5.35. The first-order valence-corrected chi connectivity index (χ1v) is 16.7. The Labute approximate surface area is 113 Å². The fraction of sp³-hybridized carbons (Fsp3) is 1.00. The molecule has 0 aromatic carbocycles. The second-order valence-electron chi connectivity index (χ2n) is 4.78. The third-order valence-corrected chi connectivity index (χ3v) is 0. The van der Waals surface area contributed by atoms with Gasteiger partial charge in [-0.25, -0.2) is 0 Å². The Balaban J connectivity index is -0.000000120. The molecule has 13 heavy (non-hydrogen) atoms. The van der Waals surface area contributed by atoms with Crippen LogP contribution >= 0.6 is 38.7 Å². The molecule has 0 aliphatic rings. The SMILES string of the molecule is CC(C)(C)N.CC(C)(C)N.[I][Pt][I]. The molecule has 5 heteroatoms. The van der Waals surface area contributed by atoms with Crippen LogP contribution in [0, 0.1) is 0 Å². The third-order valence-electron chi connectivity index (χ3n) is 0. The van der Waals surface area contributed by atoms with Crippen molar-refractivity contribution >= 4 is 38.7 Å². The van der Waals surface area contributed by atoms with Crippen molar-refractivity contribution in [3.8, 4) is 0 Å². The maximum atomic E-state index is 5.35. The molecule has 88 valence electrons. The summed E-state index contributed by atoms with van der Waals surface area (Å²) >= 11 is 5.30. The van der Waals surface area contributed by atoms with Gasteiger partial charge < -0.3 is 11.5 Å². The van der Waals surface area contributed by atoms with Crippen molar-refractivity contribution in [2.24, 2.45) is 11.5 Å². The van der Waals surface area contributed by atoms with Gasteiger partial charge in [0.25, 0.3) is 0 Å². The van der Waals surface area contributed by atoms with Crippen molar-refractivity contribution in [1.29, 1.82) is 0 Å². The molecule has 0 spiro atoms. The zero-order valence-corrected chi connectivity index (χ0v) is 15.8. The first-order valence-electron chi connectivity index (χ1n) is 3.82. The number of rotatable bonds is 0. The Hall–Kier alpha value is 2.07. The van der Waals surface area contributed by atoms with E-state index < -0.39 is 0 Å². The molecular weight excluding hydrogens is 573 g/mol. The predicted molar refractivity (Wildman–Crippen MR) is 75.9 cm³/mol. The molecule has 0 bridgehead atoms. The summed E-state index contributed by atoms with van der Waals surface area (Å²) in [6, 6.07) is 0. The molecule has 0 aliphatic carbocycles. The number of hydrogen-bond donors (Lipinski definition) is 2. The molecule has 0 saturated carbocycles. The summed E-state index contributed by atoms with van der Waals surface area (Å²) in [6.45, 7) is 11.8. The minimum absolute atomic E-state index is 0. The first-order chi connectivity index (χ1) is 5.41. The average Bonchev–Trinajstić information content (AvgIpc) is 1.52. The molecule has 4 N–H and O–H groups in total. The van der Waals surface area contributed by atoms with E-state index in [4.69, 9.17) is 11.5 Å². The summed E-state index contributed by atoms with van der Waals surface area (Å²) in [4.78, 5) is 0. The van der Waals surface area contributed by atoms with Gasteiger partial charge in [-0.1, -0.05) is 0 Å². The second kappa shape index (κ2) is 10.6. The summed E-state index contributed by atoms with van der Waals surface area (Å²) in [6.07, 6.45) is 0. The molecule has 2 nitrogen and oxygen atoms in total. The van der Waals surface area contributed by atoms with Gasteiger partial charge in [-0.15, -0.1) is 0 Å². The van der Waals surface area contributed by atoms with E-state index in [-0.39, 0.29) is 11.1 Å². The Morgan fingerprint density at radius 2 is 0.769 bits per heavy atom. The van der Waals surface area contributed by atoms with E-state index in [9.17, 15) is 0 Å². The van der Waals surface area contributed by atoms with Gasteiger partial charge in [-0.2, -0.15) is 0 Å². The number of nitrogens with two attached hydrogens (primary N) is 2. The normalized spacial score (nSPS) is 10.9. The van der Waals surface area contributed by atoms with Crippen LogP contribution in [0.2, 0.25) is 0 Å². The average molecular weight is 595 g/mol. The van der Waals surface area contributed by atoms with Crippen molar-refractivity contribution in [1.82, 2.24) is 0 Å². The molecule has 0 saturated heterocycles. The van der Waals surface area contributed by atoms with Crippen LogP contribution in [-0.2, 0) is 11.2 Å². The standard InChI is InChI=1S/2C4H11N.2HI.Pt/c2*1-4(2,3)5;;;/h2*5H2,1-3H3;2*1H;/q;;;;+2/p-2. The van der Waals surface area contributed by atoms with Crippen LogP contribution in [0.25, 0.3) is 0 Å². The van der Waals surface area contributed by atoms with Crippen molar-refractivity contribution in [2.75, 3.05) is 0 Å². The van der Waals surface area contributed by atoms with Gasteiger partial charge in [0.05, 0.1) is 0 Å². The van der Waals surface area contributed by atoms with Crippen LogP contribution < -0.4 is 11.5 Å². The van der Waals surface area contributed by atoms with E-state index in [1.807, 2.05) is 41.5 Å². The Morgan fingerprint density at radius 3 is 0.769 bits per heavy atom. The van der Waals surface area contributed by atoms with Crippen LogP contribution in [0.3, 0.4) is 0 Å². The van der Waals surface area contributed by atoms with E-state index in [1.165, 1.54) is 0 Å². The summed E-state index contributed by atoms with van der Waals surface area (Å²) in [5, 5.41) is 0. The molecule has 0 unspecified atom stereocenters. The molecule has 0 atom stereocenters. The van der Waals surface area contributed by atoms with E-state index in [2.05, 4.69) is 38.7 Å². The Morgan fingerprint density at radius 1 is 0.769 bits per heavy atom. The molecule has 0 aliphatic heterocycles. The second-order valence-corrected chi connectivity index (χ2v) is 21.4. The van der Waals surface area contributed by atoms with Crippen molar-refractivity contribution < 1.29 is 11.2 Å².